The number of benzene rings is 4. The Morgan fingerprint density at radius 1 is 0.543 bits per heavy atom. The summed E-state index contributed by atoms with van der Waals surface area (Å²) in [6.45, 7) is 24.0. The summed E-state index contributed by atoms with van der Waals surface area (Å²) in [6.07, 6.45) is 9.43. The second-order valence-corrected chi connectivity index (χ2v) is 10.7. The van der Waals surface area contributed by atoms with Gasteiger partial charge in [-0.05, 0) is 65.0 Å². The molecule has 240 valence electrons. The quantitative estimate of drug-likeness (QED) is 0.134. The first-order valence-electron chi connectivity index (χ1n) is 15.3. The predicted molar refractivity (Wildman–Crippen MR) is 195 cm³/mol. The van der Waals surface area contributed by atoms with E-state index in [1.165, 1.54) is 16.7 Å². The van der Waals surface area contributed by atoms with E-state index in [0.717, 1.165) is 23.3 Å². The van der Waals surface area contributed by atoms with E-state index in [4.69, 9.17) is 4.74 Å². The minimum absolute atomic E-state index is 0. The number of allylic oxidation sites excluding steroid dienone is 3. The summed E-state index contributed by atoms with van der Waals surface area (Å²) < 4.78 is 5.47. The Balaban J connectivity index is 0. The van der Waals surface area contributed by atoms with Gasteiger partial charge < -0.3 is 15.3 Å². The first-order chi connectivity index (χ1) is 21.3. The molecule has 0 aliphatic rings. The maximum Gasteiger partial charge on any atom is 1.00 e. The number of para-hydroxylation sites is 2. The van der Waals surface area contributed by atoms with Crippen molar-refractivity contribution in [1.29, 1.82) is 0 Å². The molecule has 0 atom stereocenters. The fourth-order valence-corrected chi connectivity index (χ4v) is 4.08. The first-order valence-corrected chi connectivity index (χ1v) is 15.3. The maximum absolute atomic E-state index is 9.76. The summed E-state index contributed by atoms with van der Waals surface area (Å²) in [4.78, 5) is 0. The zero-order valence-corrected chi connectivity index (χ0v) is 30.7. The molecule has 0 aliphatic heterocycles. The Hall–Kier alpha value is -3.60. The average Bonchev–Trinajstić information content (AvgIpc) is 3.05. The maximum atomic E-state index is 9.76. The molecule has 2 N–H and O–H groups in total. The molecule has 0 radical (unpaired) electrons. The third-order valence-corrected chi connectivity index (χ3v) is 6.56. The summed E-state index contributed by atoms with van der Waals surface area (Å²) >= 11 is 0. The van der Waals surface area contributed by atoms with Crippen LogP contribution in [0.4, 0.5) is 0 Å². The van der Waals surface area contributed by atoms with E-state index in [-0.39, 0.29) is 35.0 Å². The molecule has 0 aliphatic carbocycles. The fraction of sp³-hybridized carbons (Fsp3) is 0.238. The van der Waals surface area contributed by atoms with Crippen molar-refractivity contribution < 1.29 is 44.9 Å². The van der Waals surface area contributed by atoms with Gasteiger partial charge in [-0.15, -0.1) is 19.7 Å². The molecule has 46 heavy (non-hydrogen) atoms. The number of hydrogen-bond donors (Lipinski definition) is 1. The molecule has 4 rings (SSSR count). The van der Waals surface area contributed by atoms with Gasteiger partial charge in [0.2, 0.25) is 0 Å². The van der Waals surface area contributed by atoms with Gasteiger partial charge in [0.15, 0.2) is 0 Å². The molecule has 4 aromatic carbocycles. The van der Waals surface area contributed by atoms with Crippen LogP contribution in [-0.2, 0) is 19.3 Å². The van der Waals surface area contributed by atoms with Gasteiger partial charge in [0, 0.05) is 0 Å². The standard InChI is InChI=1S/2C12H14O.2C9H12.Na.H2O/c1-3-7-11-8-5-6-9-12(11)13-10-4-2;1-3-6-10-8-5-9-11(7-4-2)12(10)13;2*1-8(2)9-6-4-3-5-7-9;;/h3-6,8-9H,1-2,7,10H2;3-5,8-9,13H,1-2,6-7H2;2*3-8H,1-2H3;;1H2/q;;;;+1;/p-1. The molecule has 0 saturated carbocycles. The van der Waals surface area contributed by atoms with Crippen LogP contribution in [0.15, 0.2) is 154 Å². The normalized spacial score (nSPS) is 9.26. The van der Waals surface area contributed by atoms with Crippen LogP contribution >= 0.6 is 0 Å². The Morgan fingerprint density at radius 2 is 0.913 bits per heavy atom. The van der Waals surface area contributed by atoms with Gasteiger partial charge in [0.05, 0.1) is 0 Å². The molecular weight excluding hydrogens is 575 g/mol. The van der Waals surface area contributed by atoms with Crippen molar-refractivity contribution in [3.63, 3.8) is 0 Å². The van der Waals surface area contributed by atoms with Gasteiger partial charge in [-0.3, -0.25) is 0 Å². The van der Waals surface area contributed by atoms with E-state index in [9.17, 15) is 5.11 Å². The van der Waals surface area contributed by atoms with E-state index in [1.54, 1.807) is 18.2 Å². The summed E-state index contributed by atoms with van der Waals surface area (Å²) in [5, 5.41) is 9.76. The second-order valence-electron chi connectivity index (χ2n) is 10.7. The first kappa shape index (κ1) is 44.5. The molecule has 4 aromatic rings. The van der Waals surface area contributed by atoms with E-state index in [0.29, 0.717) is 37.0 Å². The van der Waals surface area contributed by atoms with Gasteiger partial charge in [-0.25, -0.2) is 0 Å². The molecule has 0 unspecified atom stereocenters. The average molecular weight is 629 g/mol. The number of aromatic hydroxyl groups is 1. The monoisotopic (exact) mass is 628 g/mol. The minimum Gasteiger partial charge on any atom is -0.870 e. The third-order valence-electron chi connectivity index (χ3n) is 6.56. The van der Waals surface area contributed by atoms with Crippen molar-refractivity contribution in [3.05, 3.63) is 182 Å². The number of phenols is 1. The topological polar surface area (TPSA) is 59.5 Å². The predicted octanol–water partition coefficient (Wildman–Crippen LogP) is 8.28. The number of hydrogen-bond acceptors (Lipinski definition) is 3. The Bertz CT molecular complexity index is 1290. The largest absolute Gasteiger partial charge is 1.00 e. The molecule has 0 fully saturated rings. The van der Waals surface area contributed by atoms with E-state index in [1.807, 2.05) is 60.7 Å². The molecular formula is C42H53NaO3. The van der Waals surface area contributed by atoms with Crippen LogP contribution in [0.5, 0.6) is 11.5 Å². The molecule has 0 heterocycles. The number of rotatable bonds is 11. The minimum atomic E-state index is 0. The summed E-state index contributed by atoms with van der Waals surface area (Å²) in [5.74, 6) is 2.61. The van der Waals surface area contributed by atoms with Gasteiger partial charge >= 0.3 is 29.6 Å². The SMILES string of the molecule is C=CCOc1ccccc1CC=C.C=CCc1cccc(CC=C)c1O.CC(C)c1ccccc1.CC(C)c1ccccc1.[Na+].[OH-]. The van der Waals surface area contributed by atoms with Gasteiger partial charge in [-0.1, -0.05) is 156 Å². The van der Waals surface area contributed by atoms with Crippen LogP contribution in [0.2, 0.25) is 0 Å². The molecule has 0 spiro atoms. The van der Waals surface area contributed by atoms with Crippen molar-refractivity contribution in [1.82, 2.24) is 0 Å². The molecule has 4 heteroatoms. The van der Waals surface area contributed by atoms with E-state index < -0.39 is 0 Å². The van der Waals surface area contributed by atoms with Crippen molar-refractivity contribution in [3.8, 4) is 11.5 Å². The molecule has 0 aromatic heterocycles. The van der Waals surface area contributed by atoms with Crippen molar-refractivity contribution in [2.75, 3.05) is 6.61 Å². The van der Waals surface area contributed by atoms with Crippen LogP contribution in [0.1, 0.15) is 67.3 Å². The van der Waals surface area contributed by atoms with E-state index >= 15 is 0 Å². The second kappa shape index (κ2) is 27.7. The Morgan fingerprint density at radius 3 is 1.28 bits per heavy atom. The zero-order valence-electron chi connectivity index (χ0n) is 28.7. The van der Waals surface area contributed by atoms with Crippen LogP contribution in [-0.4, -0.2) is 17.2 Å². The van der Waals surface area contributed by atoms with E-state index in [2.05, 4.69) is 103 Å². The van der Waals surface area contributed by atoms with Gasteiger partial charge in [-0.2, -0.15) is 0 Å². The Labute approximate surface area is 301 Å². The Kier molecular flexibility index (Phi) is 26.8. The van der Waals surface area contributed by atoms with Crippen LogP contribution in [0.3, 0.4) is 0 Å². The third kappa shape index (κ3) is 18.4. The van der Waals surface area contributed by atoms with Gasteiger partial charge in [0.25, 0.3) is 0 Å². The fourth-order valence-electron chi connectivity index (χ4n) is 4.08. The number of phenolic OH excluding ortho intramolecular Hbond substituents is 1. The summed E-state index contributed by atoms with van der Waals surface area (Å²) in [5.41, 5.74) is 5.85. The van der Waals surface area contributed by atoms with Crippen molar-refractivity contribution in [2.45, 2.75) is 58.8 Å². The summed E-state index contributed by atoms with van der Waals surface area (Å²) in [6, 6.07) is 34.8. The molecule has 0 bridgehead atoms. The molecule has 0 saturated heterocycles. The summed E-state index contributed by atoms with van der Waals surface area (Å²) in [7, 11) is 0. The van der Waals surface area contributed by atoms with Crippen LogP contribution in [0.25, 0.3) is 0 Å². The van der Waals surface area contributed by atoms with Crippen LogP contribution < -0.4 is 34.3 Å². The van der Waals surface area contributed by atoms with Gasteiger partial charge in [0.1, 0.15) is 18.1 Å². The zero-order chi connectivity index (χ0) is 32.6. The molecule has 0 amide bonds. The smallest absolute Gasteiger partial charge is 0.870 e. The van der Waals surface area contributed by atoms with Crippen molar-refractivity contribution in [2.24, 2.45) is 0 Å². The number of ether oxygens (including phenoxy) is 1. The van der Waals surface area contributed by atoms with Crippen molar-refractivity contribution >= 4 is 0 Å². The van der Waals surface area contributed by atoms with Crippen LogP contribution in [0, 0.1) is 0 Å². The molecule has 3 nitrogen and oxygen atoms in total.